The standard InChI is InChI=1S/C24H23NO2S/c1-20-16-18-23(19-17-20)28(26,27)25-24(22-13-6-3-7-14-22)15-9-8-12-21-10-4-2-5-11-21/h3,6-7,10,13-14,16-19,24-25H,2,4-5,11H2,1H3/t24-/m1/s1. The van der Waals surface area contributed by atoms with Crippen molar-refractivity contribution in [2.45, 2.75) is 43.5 Å². The van der Waals surface area contributed by atoms with E-state index in [1.165, 1.54) is 6.42 Å². The summed E-state index contributed by atoms with van der Waals surface area (Å²) >= 11 is 0. The summed E-state index contributed by atoms with van der Waals surface area (Å²) in [6.07, 6.45) is 6.61. The Hall–Kier alpha value is -2.79. The van der Waals surface area contributed by atoms with Crippen molar-refractivity contribution in [1.29, 1.82) is 0 Å². The van der Waals surface area contributed by atoms with Gasteiger partial charge in [0.25, 0.3) is 0 Å². The molecule has 0 saturated carbocycles. The van der Waals surface area contributed by atoms with E-state index in [1.54, 1.807) is 24.3 Å². The zero-order valence-electron chi connectivity index (χ0n) is 15.9. The average Bonchev–Trinajstić information content (AvgIpc) is 2.72. The molecule has 28 heavy (non-hydrogen) atoms. The lowest BCUT2D eigenvalue weighted by atomic mass is 10.0. The topological polar surface area (TPSA) is 46.2 Å². The molecule has 3 rings (SSSR count). The second-order valence-corrected chi connectivity index (χ2v) is 8.49. The van der Waals surface area contributed by atoms with E-state index in [0.717, 1.165) is 36.0 Å². The molecule has 4 heteroatoms. The number of aryl methyl sites for hydroxylation is 1. The van der Waals surface area contributed by atoms with Gasteiger partial charge >= 0.3 is 0 Å². The van der Waals surface area contributed by atoms with Crippen LogP contribution in [0.3, 0.4) is 0 Å². The van der Waals surface area contributed by atoms with Crippen LogP contribution in [0.2, 0.25) is 0 Å². The second-order valence-electron chi connectivity index (χ2n) is 6.77. The number of hydrogen-bond donors (Lipinski definition) is 1. The van der Waals surface area contributed by atoms with Gasteiger partial charge in [0, 0.05) is 0 Å². The van der Waals surface area contributed by atoms with Crippen LogP contribution >= 0.6 is 0 Å². The molecule has 142 valence electrons. The van der Waals surface area contributed by atoms with Crippen LogP contribution < -0.4 is 4.72 Å². The van der Waals surface area contributed by atoms with E-state index in [-0.39, 0.29) is 4.90 Å². The molecular formula is C24H23NO2S. The smallest absolute Gasteiger partial charge is 0.207 e. The lowest BCUT2D eigenvalue weighted by molar-refractivity contribution is 0.576. The van der Waals surface area contributed by atoms with Crippen LogP contribution in [0, 0.1) is 30.6 Å². The Morgan fingerprint density at radius 2 is 1.71 bits per heavy atom. The molecule has 0 saturated heterocycles. The minimum Gasteiger partial charge on any atom is -0.207 e. The Kier molecular flexibility index (Phi) is 6.71. The van der Waals surface area contributed by atoms with Crippen molar-refractivity contribution in [2.24, 2.45) is 0 Å². The number of allylic oxidation sites excluding steroid dienone is 2. The van der Waals surface area contributed by atoms with Gasteiger partial charge in [0.1, 0.15) is 6.04 Å². The molecule has 0 aromatic heterocycles. The maximum atomic E-state index is 12.8. The second kappa shape index (κ2) is 9.42. The van der Waals surface area contributed by atoms with E-state index in [9.17, 15) is 8.42 Å². The first kappa shape index (κ1) is 20.0. The fourth-order valence-corrected chi connectivity index (χ4v) is 4.07. The highest BCUT2D eigenvalue weighted by atomic mass is 32.2. The minimum atomic E-state index is -3.69. The highest BCUT2D eigenvalue weighted by molar-refractivity contribution is 7.89. The molecule has 0 fully saturated rings. The van der Waals surface area contributed by atoms with Crippen LogP contribution in [0.25, 0.3) is 0 Å². The van der Waals surface area contributed by atoms with Crippen LogP contribution in [0.1, 0.15) is 42.9 Å². The normalized spacial score (nSPS) is 14.7. The van der Waals surface area contributed by atoms with Gasteiger partial charge in [0.15, 0.2) is 0 Å². The van der Waals surface area contributed by atoms with Crippen molar-refractivity contribution in [3.63, 3.8) is 0 Å². The van der Waals surface area contributed by atoms with Crippen molar-refractivity contribution in [3.05, 3.63) is 77.4 Å². The summed E-state index contributed by atoms with van der Waals surface area (Å²) in [7, 11) is -3.69. The number of benzene rings is 2. The maximum absolute atomic E-state index is 12.8. The van der Waals surface area contributed by atoms with Crippen molar-refractivity contribution >= 4 is 10.0 Å². The zero-order valence-corrected chi connectivity index (χ0v) is 16.7. The molecule has 0 spiro atoms. The first-order valence-corrected chi connectivity index (χ1v) is 10.9. The predicted molar refractivity (Wildman–Crippen MR) is 113 cm³/mol. The van der Waals surface area contributed by atoms with Gasteiger partial charge < -0.3 is 0 Å². The number of sulfonamides is 1. The Bertz CT molecular complexity index is 1060. The molecule has 1 aliphatic carbocycles. The minimum absolute atomic E-state index is 0.222. The van der Waals surface area contributed by atoms with Gasteiger partial charge in [0.05, 0.1) is 4.90 Å². The SMILES string of the molecule is Cc1ccc(S(=O)(=O)N[C@H](C#CC#CC2=CCCCC2)c2ccccc2)cc1. The number of hydrogen-bond acceptors (Lipinski definition) is 2. The number of nitrogens with one attached hydrogen (secondary N) is 1. The van der Waals surface area contributed by atoms with Crippen molar-refractivity contribution < 1.29 is 8.42 Å². The van der Waals surface area contributed by atoms with E-state index in [4.69, 9.17) is 0 Å². The lowest BCUT2D eigenvalue weighted by Crippen LogP contribution is -2.27. The van der Waals surface area contributed by atoms with Gasteiger partial charge in [0.2, 0.25) is 10.0 Å². The molecule has 0 amide bonds. The summed E-state index contributed by atoms with van der Waals surface area (Å²) in [6, 6.07) is 15.4. The summed E-state index contributed by atoms with van der Waals surface area (Å²) in [5, 5.41) is 0. The summed E-state index contributed by atoms with van der Waals surface area (Å²) in [5.74, 6) is 11.8. The molecule has 0 unspecified atom stereocenters. The quantitative estimate of drug-likeness (QED) is 0.782. The average molecular weight is 390 g/mol. The zero-order chi connectivity index (χ0) is 19.8. The summed E-state index contributed by atoms with van der Waals surface area (Å²) in [4.78, 5) is 0.222. The fourth-order valence-electron chi connectivity index (χ4n) is 2.94. The van der Waals surface area contributed by atoms with E-state index < -0.39 is 16.1 Å². The van der Waals surface area contributed by atoms with Crippen LogP contribution in [0.5, 0.6) is 0 Å². The van der Waals surface area contributed by atoms with Crippen LogP contribution in [0.4, 0.5) is 0 Å². The Labute approximate surface area is 167 Å². The highest BCUT2D eigenvalue weighted by Gasteiger charge is 2.19. The third kappa shape index (κ3) is 5.60. The molecule has 3 nitrogen and oxygen atoms in total. The van der Waals surface area contributed by atoms with Crippen LogP contribution in [-0.2, 0) is 10.0 Å². The molecule has 2 aromatic carbocycles. The van der Waals surface area contributed by atoms with Gasteiger partial charge in [-0.1, -0.05) is 65.9 Å². The van der Waals surface area contributed by atoms with Crippen molar-refractivity contribution in [3.8, 4) is 23.7 Å². The third-order valence-corrected chi connectivity index (χ3v) is 5.97. The first-order chi connectivity index (χ1) is 13.5. The predicted octanol–water partition coefficient (Wildman–Crippen LogP) is 4.52. The molecule has 2 aromatic rings. The Morgan fingerprint density at radius 1 is 0.964 bits per heavy atom. The van der Waals surface area contributed by atoms with E-state index in [2.05, 4.69) is 34.5 Å². The van der Waals surface area contributed by atoms with E-state index in [1.807, 2.05) is 37.3 Å². The molecule has 1 N–H and O–H groups in total. The molecule has 0 aliphatic heterocycles. The van der Waals surface area contributed by atoms with Crippen LogP contribution in [-0.4, -0.2) is 8.42 Å². The van der Waals surface area contributed by atoms with Crippen LogP contribution in [0.15, 0.2) is 71.1 Å². The Balaban J connectivity index is 1.84. The molecule has 1 atom stereocenters. The fraction of sp³-hybridized carbons (Fsp3) is 0.250. The van der Waals surface area contributed by atoms with Gasteiger partial charge in [-0.15, -0.1) is 0 Å². The summed E-state index contributed by atoms with van der Waals surface area (Å²) in [6.45, 7) is 1.92. The van der Waals surface area contributed by atoms with Gasteiger partial charge in [-0.3, -0.25) is 0 Å². The molecular weight excluding hydrogens is 366 g/mol. The molecule has 0 bridgehead atoms. The maximum Gasteiger partial charge on any atom is 0.241 e. The van der Waals surface area contributed by atoms with Crippen molar-refractivity contribution in [1.82, 2.24) is 4.72 Å². The van der Waals surface area contributed by atoms with Gasteiger partial charge in [-0.05, 0) is 67.7 Å². The van der Waals surface area contributed by atoms with E-state index >= 15 is 0 Å². The van der Waals surface area contributed by atoms with E-state index in [0.29, 0.717) is 0 Å². The highest BCUT2D eigenvalue weighted by Crippen LogP contribution is 2.18. The monoisotopic (exact) mass is 389 g/mol. The lowest BCUT2D eigenvalue weighted by Gasteiger charge is -2.14. The van der Waals surface area contributed by atoms with Gasteiger partial charge in [-0.2, -0.15) is 4.72 Å². The largest absolute Gasteiger partial charge is 0.241 e. The Morgan fingerprint density at radius 3 is 2.39 bits per heavy atom. The molecule has 1 aliphatic rings. The van der Waals surface area contributed by atoms with Gasteiger partial charge in [-0.25, -0.2) is 8.42 Å². The molecule has 0 heterocycles. The third-order valence-electron chi connectivity index (χ3n) is 4.53. The summed E-state index contributed by atoms with van der Waals surface area (Å²) in [5.41, 5.74) is 2.91. The first-order valence-electron chi connectivity index (χ1n) is 9.39. The van der Waals surface area contributed by atoms with Crippen molar-refractivity contribution in [2.75, 3.05) is 0 Å². The molecule has 0 radical (unpaired) electrons. The summed E-state index contributed by atoms with van der Waals surface area (Å²) < 4.78 is 28.3. The number of rotatable bonds is 4.